The van der Waals surface area contributed by atoms with Gasteiger partial charge in [0.25, 0.3) is 5.78 Å². The second kappa shape index (κ2) is 8.15. The third-order valence-electron chi connectivity index (χ3n) is 1.90. The molecule has 1 N–H and O–H groups in total. The molecule has 1 rings (SSSR count). The monoisotopic (exact) mass is 324 g/mol. The third kappa shape index (κ3) is 5.60. The van der Waals surface area contributed by atoms with Crippen LogP contribution in [0.15, 0.2) is 28.7 Å². The molecule has 19 heavy (non-hydrogen) atoms. The van der Waals surface area contributed by atoms with Gasteiger partial charge in [-0.05, 0) is 25.1 Å². The number of aliphatic hydroxyl groups excluding tert-OH is 1. The zero-order valence-electron chi connectivity index (χ0n) is 9.44. The van der Waals surface area contributed by atoms with Gasteiger partial charge in [0, 0.05) is 16.1 Å². The number of esters is 1. The van der Waals surface area contributed by atoms with Gasteiger partial charge in [0.1, 0.15) is 11.6 Å². The molecule has 4 nitrogen and oxygen atoms in total. The molecule has 0 amide bonds. The van der Waals surface area contributed by atoms with Crippen molar-refractivity contribution in [2.75, 3.05) is 6.61 Å². The number of hydrogen-bond donors (Lipinski definition) is 1. The predicted octanol–water partition coefficient (Wildman–Crippen LogP) is 1.97. The second-order valence-corrected chi connectivity index (χ2v) is 4.19. The molecule has 0 aromatic heterocycles. The maximum absolute atomic E-state index is 13.1. The van der Waals surface area contributed by atoms with Crippen LogP contribution >= 0.6 is 15.9 Å². The van der Waals surface area contributed by atoms with Crippen LogP contribution in [-0.2, 0) is 14.3 Å². The Bertz CT molecular complexity index is 496. The summed E-state index contributed by atoms with van der Waals surface area (Å²) in [5.41, 5.74) is 0.0829. The Kier molecular flexibility index (Phi) is 7.68. The summed E-state index contributed by atoms with van der Waals surface area (Å²) >= 11 is 3.05. The number of carbonyl (C=O) groups is 2. The van der Waals surface area contributed by atoms with Crippen molar-refractivity contribution in [1.82, 2.24) is 0 Å². The van der Waals surface area contributed by atoms with Gasteiger partial charge in [-0.25, -0.2) is 9.18 Å². The van der Waals surface area contributed by atoms with E-state index in [-0.39, 0.29) is 31.0 Å². The van der Waals surface area contributed by atoms with Gasteiger partial charge in [0.05, 0.1) is 6.61 Å². The van der Waals surface area contributed by atoms with Crippen molar-refractivity contribution in [2.45, 2.75) is 6.92 Å². The molecule has 0 radical (unpaired) electrons. The first-order chi connectivity index (χ1) is 8.43. The molecule has 0 unspecified atom stereocenters. The molecule has 0 aliphatic rings. The van der Waals surface area contributed by atoms with Crippen molar-refractivity contribution in [1.29, 1.82) is 0 Å². The Labute approximate surface area is 129 Å². The van der Waals surface area contributed by atoms with E-state index < -0.39 is 23.3 Å². The van der Waals surface area contributed by atoms with Gasteiger partial charge < -0.3 is 9.84 Å². The first kappa shape index (κ1) is 17.9. The second-order valence-electron chi connectivity index (χ2n) is 3.27. The van der Waals surface area contributed by atoms with Gasteiger partial charge in [-0.2, -0.15) is 0 Å². The standard InChI is InChI=1S/C12H10BrFO4.Li.H/c1-2-18-12(17)11(16)6-10(15)7-3-8(13)5-9(14)4-7;;/h3-6,15H,2H2,1H3;;. The van der Waals surface area contributed by atoms with Crippen molar-refractivity contribution in [3.8, 4) is 0 Å². The summed E-state index contributed by atoms with van der Waals surface area (Å²) in [6.07, 6.45) is 0.694. The third-order valence-corrected chi connectivity index (χ3v) is 2.36. The Balaban J connectivity index is 0.00000324. The molecule has 0 aliphatic carbocycles. The van der Waals surface area contributed by atoms with Crippen molar-refractivity contribution in [3.05, 3.63) is 40.1 Å². The molecule has 0 atom stereocenters. The number of ether oxygens (including phenoxy) is 1. The molecule has 1 aromatic rings. The van der Waals surface area contributed by atoms with Crippen LogP contribution in [0.1, 0.15) is 12.5 Å². The van der Waals surface area contributed by atoms with E-state index in [4.69, 9.17) is 0 Å². The first-order valence-corrected chi connectivity index (χ1v) is 5.81. The minimum atomic E-state index is -1.07. The minimum absolute atomic E-state index is 0. The fourth-order valence-corrected chi connectivity index (χ4v) is 1.64. The van der Waals surface area contributed by atoms with Gasteiger partial charge in [-0.15, -0.1) is 0 Å². The van der Waals surface area contributed by atoms with Crippen LogP contribution < -0.4 is 0 Å². The molecule has 0 saturated heterocycles. The summed E-state index contributed by atoms with van der Waals surface area (Å²) in [7, 11) is 0. The Morgan fingerprint density at radius 2 is 2.05 bits per heavy atom. The Morgan fingerprint density at radius 3 is 2.58 bits per heavy atom. The molecular formula is C12H11BrFLiO4. The molecular weight excluding hydrogens is 314 g/mol. The molecule has 0 aliphatic heterocycles. The molecule has 1 aromatic carbocycles. The number of rotatable bonds is 4. The van der Waals surface area contributed by atoms with Crippen LogP contribution in [0.3, 0.4) is 0 Å². The Hall–Kier alpha value is -1.09. The van der Waals surface area contributed by atoms with E-state index in [1.54, 1.807) is 6.92 Å². The van der Waals surface area contributed by atoms with Crippen LogP contribution in [0.4, 0.5) is 4.39 Å². The summed E-state index contributed by atoms with van der Waals surface area (Å²) < 4.78 is 17.9. The normalized spacial score (nSPS) is 10.6. The summed E-state index contributed by atoms with van der Waals surface area (Å²) in [5.74, 6) is -3.16. The summed E-state index contributed by atoms with van der Waals surface area (Å²) in [4.78, 5) is 22.3. The molecule has 0 heterocycles. The fraction of sp³-hybridized carbons (Fsp3) is 0.167. The number of benzene rings is 1. The molecule has 0 saturated carbocycles. The number of ketones is 1. The van der Waals surface area contributed by atoms with E-state index in [9.17, 15) is 19.1 Å². The molecule has 0 fully saturated rings. The van der Waals surface area contributed by atoms with Crippen molar-refractivity contribution in [3.63, 3.8) is 0 Å². The zero-order chi connectivity index (χ0) is 13.7. The summed E-state index contributed by atoms with van der Waals surface area (Å²) in [5, 5.41) is 9.60. The van der Waals surface area contributed by atoms with Crippen LogP contribution in [-0.4, -0.2) is 42.3 Å². The SMILES string of the molecule is CCOC(=O)C(=O)C=C(O)c1cc(F)cc(Br)c1.[LiH]. The van der Waals surface area contributed by atoms with Gasteiger partial charge >= 0.3 is 24.8 Å². The average Bonchev–Trinajstić information content (AvgIpc) is 2.27. The molecule has 7 heteroatoms. The fourth-order valence-electron chi connectivity index (χ4n) is 1.17. The van der Waals surface area contributed by atoms with E-state index in [0.29, 0.717) is 10.5 Å². The average molecular weight is 325 g/mol. The van der Waals surface area contributed by atoms with Crippen LogP contribution in [0.5, 0.6) is 0 Å². The summed E-state index contributed by atoms with van der Waals surface area (Å²) in [6.45, 7) is 1.61. The van der Waals surface area contributed by atoms with Crippen molar-refractivity contribution < 1.29 is 23.8 Å². The van der Waals surface area contributed by atoms with Crippen LogP contribution in [0.2, 0.25) is 0 Å². The van der Waals surface area contributed by atoms with Gasteiger partial charge in [-0.1, -0.05) is 15.9 Å². The van der Waals surface area contributed by atoms with Crippen molar-refractivity contribution in [2.24, 2.45) is 0 Å². The predicted molar refractivity (Wildman–Crippen MR) is 73.5 cm³/mol. The van der Waals surface area contributed by atoms with E-state index in [1.165, 1.54) is 12.1 Å². The number of hydrogen-bond acceptors (Lipinski definition) is 4. The van der Waals surface area contributed by atoms with E-state index in [1.807, 2.05) is 0 Å². The first-order valence-electron chi connectivity index (χ1n) is 5.02. The van der Waals surface area contributed by atoms with Crippen molar-refractivity contribution >= 4 is 52.3 Å². The quantitative estimate of drug-likeness (QED) is 0.302. The van der Waals surface area contributed by atoms with Crippen LogP contribution in [0, 0.1) is 5.82 Å². The maximum atomic E-state index is 13.1. The molecule has 0 bridgehead atoms. The summed E-state index contributed by atoms with van der Waals surface area (Å²) in [6, 6.07) is 3.65. The number of carbonyl (C=O) groups excluding carboxylic acids is 2. The number of aliphatic hydroxyl groups is 1. The van der Waals surface area contributed by atoms with E-state index in [0.717, 1.165) is 6.07 Å². The van der Waals surface area contributed by atoms with E-state index in [2.05, 4.69) is 20.7 Å². The van der Waals surface area contributed by atoms with Crippen LogP contribution in [0.25, 0.3) is 5.76 Å². The molecule has 98 valence electrons. The molecule has 0 spiro atoms. The zero-order valence-corrected chi connectivity index (χ0v) is 11.0. The van der Waals surface area contributed by atoms with Gasteiger partial charge in [0.2, 0.25) is 0 Å². The number of halogens is 2. The van der Waals surface area contributed by atoms with Gasteiger partial charge in [-0.3, -0.25) is 4.79 Å². The Morgan fingerprint density at radius 1 is 1.42 bits per heavy atom. The van der Waals surface area contributed by atoms with E-state index >= 15 is 0 Å². The topological polar surface area (TPSA) is 63.6 Å². The van der Waals surface area contributed by atoms with Gasteiger partial charge in [0.15, 0.2) is 0 Å².